The van der Waals surface area contributed by atoms with E-state index in [1.165, 1.54) is 0 Å². The summed E-state index contributed by atoms with van der Waals surface area (Å²) in [5.41, 5.74) is 6.90. The van der Waals surface area contributed by atoms with Gasteiger partial charge in [-0.3, -0.25) is 9.59 Å². The summed E-state index contributed by atoms with van der Waals surface area (Å²) in [7, 11) is 1.57. The van der Waals surface area contributed by atoms with Gasteiger partial charge in [-0.05, 0) is 43.3 Å². The van der Waals surface area contributed by atoms with Crippen LogP contribution in [-0.4, -0.2) is 25.0 Å². The molecule has 6 heteroatoms. The zero-order valence-electron chi connectivity index (χ0n) is 13.0. The van der Waals surface area contributed by atoms with E-state index in [1.807, 2.05) is 24.3 Å². The van der Waals surface area contributed by atoms with Gasteiger partial charge in [-0.15, -0.1) is 0 Å². The van der Waals surface area contributed by atoms with Gasteiger partial charge in [-0.25, -0.2) is 0 Å². The van der Waals surface area contributed by atoms with E-state index in [1.54, 1.807) is 38.3 Å². The van der Waals surface area contributed by atoms with Gasteiger partial charge in [0.1, 0.15) is 11.8 Å². The van der Waals surface area contributed by atoms with E-state index in [-0.39, 0.29) is 5.91 Å². The number of nitrogens with one attached hydrogen (secondary N) is 2. The van der Waals surface area contributed by atoms with Gasteiger partial charge in [-0.2, -0.15) is 0 Å². The molecular weight excluding hydrogens is 294 g/mol. The number of carbonyl (C=O) groups excluding carboxylic acids is 2. The van der Waals surface area contributed by atoms with Crippen molar-refractivity contribution in [1.29, 1.82) is 0 Å². The van der Waals surface area contributed by atoms with Crippen LogP contribution in [0.15, 0.2) is 48.5 Å². The molecule has 1 unspecified atom stereocenters. The van der Waals surface area contributed by atoms with Crippen molar-refractivity contribution >= 4 is 23.2 Å². The van der Waals surface area contributed by atoms with Crippen LogP contribution < -0.4 is 21.1 Å². The predicted octanol–water partition coefficient (Wildman–Crippen LogP) is 2.23. The summed E-state index contributed by atoms with van der Waals surface area (Å²) in [6.45, 7) is 1.75. The Bertz CT molecular complexity index is 698. The Kier molecular flexibility index (Phi) is 5.19. The molecule has 2 aromatic carbocycles. The fraction of sp³-hybridized carbons (Fsp3) is 0.176. The Labute approximate surface area is 134 Å². The lowest BCUT2D eigenvalue weighted by Gasteiger charge is -2.17. The van der Waals surface area contributed by atoms with Crippen LogP contribution in [0.25, 0.3) is 0 Å². The minimum atomic E-state index is -0.505. The van der Waals surface area contributed by atoms with Gasteiger partial charge in [0.05, 0.1) is 12.8 Å². The lowest BCUT2D eigenvalue weighted by molar-refractivity contribution is -0.116. The Hall–Kier alpha value is -3.02. The largest absolute Gasteiger partial charge is 0.495 e. The zero-order chi connectivity index (χ0) is 16.8. The third-order valence-corrected chi connectivity index (χ3v) is 3.31. The van der Waals surface area contributed by atoms with Crippen LogP contribution in [0.5, 0.6) is 5.75 Å². The molecule has 2 amide bonds. The predicted molar refractivity (Wildman–Crippen MR) is 89.7 cm³/mol. The second-order valence-corrected chi connectivity index (χ2v) is 5.00. The average Bonchev–Trinajstić information content (AvgIpc) is 2.55. The van der Waals surface area contributed by atoms with Crippen LogP contribution in [0, 0.1) is 0 Å². The molecule has 0 heterocycles. The van der Waals surface area contributed by atoms with Crippen molar-refractivity contribution in [2.45, 2.75) is 13.0 Å². The van der Waals surface area contributed by atoms with Crippen molar-refractivity contribution in [2.75, 3.05) is 17.7 Å². The number of nitrogens with two attached hydrogens (primary N) is 1. The van der Waals surface area contributed by atoms with Gasteiger partial charge in [0.25, 0.3) is 0 Å². The molecule has 6 nitrogen and oxygen atoms in total. The highest BCUT2D eigenvalue weighted by Crippen LogP contribution is 2.24. The highest BCUT2D eigenvalue weighted by Gasteiger charge is 2.14. The highest BCUT2D eigenvalue weighted by molar-refractivity contribution is 5.97. The van der Waals surface area contributed by atoms with Crippen molar-refractivity contribution in [3.8, 4) is 5.75 Å². The summed E-state index contributed by atoms with van der Waals surface area (Å²) < 4.78 is 5.24. The fourth-order valence-corrected chi connectivity index (χ4v) is 2.03. The van der Waals surface area contributed by atoms with E-state index in [9.17, 15) is 9.59 Å². The highest BCUT2D eigenvalue weighted by atomic mass is 16.5. The van der Waals surface area contributed by atoms with Gasteiger partial charge < -0.3 is 21.1 Å². The molecule has 0 aliphatic rings. The Balaban J connectivity index is 2.01. The molecule has 0 radical (unpaired) electrons. The number of anilines is 2. The number of amides is 2. The Morgan fingerprint density at radius 1 is 1.09 bits per heavy atom. The molecule has 23 heavy (non-hydrogen) atoms. The summed E-state index contributed by atoms with van der Waals surface area (Å²) in [5.74, 6) is -0.0465. The lowest BCUT2D eigenvalue weighted by Crippen LogP contribution is -2.32. The smallest absolute Gasteiger partial charge is 0.248 e. The topological polar surface area (TPSA) is 93.4 Å². The second kappa shape index (κ2) is 7.31. The molecule has 0 aliphatic carbocycles. The van der Waals surface area contributed by atoms with E-state index in [2.05, 4.69) is 10.6 Å². The van der Waals surface area contributed by atoms with Crippen molar-refractivity contribution in [2.24, 2.45) is 5.73 Å². The Morgan fingerprint density at radius 3 is 2.35 bits per heavy atom. The molecule has 0 saturated carbocycles. The third-order valence-electron chi connectivity index (χ3n) is 3.31. The average molecular weight is 313 g/mol. The van der Waals surface area contributed by atoms with Crippen molar-refractivity contribution in [3.05, 3.63) is 54.1 Å². The number of benzene rings is 2. The summed E-state index contributed by atoms with van der Waals surface area (Å²) in [4.78, 5) is 23.2. The number of para-hydroxylation sites is 2. The number of primary amides is 1. The fourth-order valence-electron chi connectivity index (χ4n) is 2.03. The summed E-state index contributed by atoms with van der Waals surface area (Å²) in [6, 6.07) is 13.3. The summed E-state index contributed by atoms with van der Waals surface area (Å²) in [6.07, 6.45) is 0. The molecule has 1 atom stereocenters. The molecule has 120 valence electrons. The van der Waals surface area contributed by atoms with Crippen LogP contribution >= 0.6 is 0 Å². The van der Waals surface area contributed by atoms with E-state index in [0.29, 0.717) is 17.0 Å². The molecule has 2 aromatic rings. The number of methoxy groups -OCH3 is 1. The number of rotatable bonds is 6. The van der Waals surface area contributed by atoms with E-state index < -0.39 is 11.9 Å². The molecule has 0 spiro atoms. The molecule has 0 aromatic heterocycles. The molecule has 0 aliphatic heterocycles. The number of carbonyl (C=O) groups is 2. The molecule has 0 fully saturated rings. The Morgan fingerprint density at radius 2 is 1.74 bits per heavy atom. The quantitative estimate of drug-likeness (QED) is 0.762. The monoisotopic (exact) mass is 313 g/mol. The first-order valence-electron chi connectivity index (χ1n) is 7.11. The first kappa shape index (κ1) is 16.4. The molecule has 0 saturated heterocycles. The van der Waals surface area contributed by atoms with Crippen LogP contribution in [0.4, 0.5) is 11.4 Å². The van der Waals surface area contributed by atoms with Gasteiger partial charge in [-0.1, -0.05) is 12.1 Å². The van der Waals surface area contributed by atoms with Gasteiger partial charge in [0.15, 0.2) is 0 Å². The second-order valence-electron chi connectivity index (χ2n) is 5.00. The van der Waals surface area contributed by atoms with Crippen LogP contribution in [0.1, 0.15) is 17.3 Å². The minimum absolute atomic E-state index is 0.206. The maximum absolute atomic E-state index is 12.2. The number of hydrogen-bond donors (Lipinski definition) is 3. The maximum Gasteiger partial charge on any atom is 0.248 e. The van der Waals surface area contributed by atoms with Gasteiger partial charge >= 0.3 is 0 Å². The molecule has 2 rings (SSSR count). The number of ether oxygens (including phenoxy) is 1. The van der Waals surface area contributed by atoms with E-state index >= 15 is 0 Å². The standard InChI is InChI=1S/C17H19N3O3/c1-11(19-14-5-3-4-6-15(14)23-2)17(22)20-13-9-7-12(8-10-13)16(18)21/h3-11,19H,1-2H3,(H2,18,21)(H,20,22). The lowest BCUT2D eigenvalue weighted by atomic mass is 10.2. The first-order valence-corrected chi connectivity index (χ1v) is 7.11. The van der Waals surface area contributed by atoms with Crippen molar-refractivity contribution in [1.82, 2.24) is 0 Å². The van der Waals surface area contributed by atoms with Gasteiger partial charge in [0.2, 0.25) is 11.8 Å². The summed E-state index contributed by atoms with van der Waals surface area (Å²) >= 11 is 0. The molecular formula is C17H19N3O3. The number of hydrogen-bond acceptors (Lipinski definition) is 4. The van der Waals surface area contributed by atoms with E-state index in [4.69, 9.17) is 10.5 Å². The minimum Gasteiger partial charge on any atom is -0.495 e. The molecule has 4 N–H and O–H groups in total. The zero-order valence-corrected chi connectivity index (χ0v) is 13.0. The maximum atomic E-state index is 12.2. The first-order chi connectivity index (χ1) is 11.0. The third kappa shape index (κ3) is 4.23. The normalized spacial score (nSPS) is 11.4. The molecule has 0 bridgehead atoms. The van der Waals surface area contributed by atoms with Crippen LogP contribution in [-0.2, 0) is 4.79 Å². The SMILES string of the molecule is COc1ccccc1NC(C)C(=O)Nc1ccc(C(N)=O)cc1. The van der Waals surface area contributed by atoms with E-state index in [0.717, 1.165) is 5.69 Å². The summed E-state index contributed by atoms with van der Waals surface area (Å²) in [5, 5.41) is 5.87. The van der Waals surface area contributed by atoms with Crippen LogP contribution in [0.3, 0.4) is 0 Å². The van der Waals surface area contributed by atoms with Gasteiger partial charge in [0, 0.05) is 11.3 Å². The van der Waals surface area contributed by atoms with Crippen LogP contribution in [0.2, 0.25) is 0 Å². The van der Waals surface area contributed by atoms with Crippen molar-refractivity contribution < 1.29 is 14.3 Å². The van der Waals surface area contributed by atoms with Crippen molar-refractivity contribution in [3.63, 3.8) is 0 Å².